The molecule has 0 aliphatic rings. The van der Waals surface area contributed by atoms with Crippen LogP contribution in [0.1, 0.15) is 5.76 Å². The maximum Gasteiger partial charge on any atom is 0.158 e. The zero-order valence-electron chi connectivity index (χ0n) is 7.40. The van der Waals surface area contributed by atoms with Gasteiger partial charge in [-0.2, -0.15) is 0 Å². The van der Waals surface area contributed by atoms with E-state index >= 15 is 0 Å². The number of aromatic nitrogens is 1. The molecule has 2 N–H and O–H groups in total. The molecular weight excluding hydrogens is 183 g/mol. The zero-order chi connectivity index (χ0) is 9.97. The highest BCUT2D eigenvalue weighted by atomic mass is 19.1. The van der Waals surface area contributed by atoms with E-state index in [4.69, 9.17) is 10.3 Å². The Hall–Kier alpha value is -1.68. The largest absolute Gasteiger partial charge is 0.359 e. The number of rotatable bonds is 2. The van der Waals surface area contributed by atoms with E-state index in [0.29, 0.717) is 5.76 Å². The standard InChI is InChI=1S/C10H9FN2O/c11-8-3-1-7(2-4-8)9-6-13-14-10(9)5-12/h1-4,6H,5,12H2. The Bertz CT molecular complexity index is 422. The first-order valence-corrected chi connectivity index (χ1v) is 4.21. The van der Waals surface area contributed by atoms with Gasteiger partial charge in [0.2, 0.25) is 0 Å². The molecule has 0 aliphatic carbocycles. The molecule has 1 aromatic heterocycles. The molecule has 2 rings (SSSR count). The van der Waals surface area contributed by atoms with Gasteiger partial charge in [-0.1, -0.05) is 17.3 Å². The summed E-state index contributed by atoms with van der Waals surface area (Å²) in [5, 5.41) is 3.64. The Kier molecular flexibility index (Phi) is 2.28. The fraction of sp³-hybridized carbons (Fsp3) is 0.100. The van der Waals surface area contributed by atoms with Crippen LogP contribution in [0.3, 0.4) is 0 Å². The monoisotopic (exact) mass is 192 g/mol. The molecular formula is C10H9FN2O. The third kappa shape index (κ3) is 1.52. The molecule has 1 heterocycles. The van der Waals surface area contributed by atoms with E-state index in [1.165, 1.54) is 12.1 Å². The Morgan fingerprint density at radius 1 is 1.29 bits per heavy atom. The van der Waals surface area contributed by atoms with Crippen LogP contribution in [0.15, 0.2) is 35.0 Å². The lowest BCUT2D eigenvalue weighted by Gasteiger charge is -1.98. The third-order valence-corrected chi connectivity index (χ3v) is 1.99. The number of hydrogen-bond donors (Lipinski definition) is 1. The van der Waals surface area contributed by atoms with E-state index < -0.39 is 0 Å². The summed E-state index contributed by atoms with van der Waals surface area (Å²) in [4.78, 5) is 0. The van der Waals surface area contributed by atoms with E-state index in [9.17, 15) is 4.39 Å². The molecule has 0 aliphatic heterocycles. The Balaban J connectivity index is 2.44. The lowest BCUT2D eigenvalue weighted by atomic mass is 10.1. The van der Waals surface area contributed by atoms with E-state index in [1.54, 1.807) is 18.3 Å². The summed E-state index contributed by atoms with van der Waals surface area (Å²) in [6.45, 7) is 0.284. The fourth-order valence-electron chi connectivity index (χ4n) is 1.28. The minimum absolute atomic E-state index is 0.264. The zero-order valence-corrected chi connectivity index (χ0v) is 7.40. The van der Waals surface area contributed by atoms with Gasteiger partial charge in [0.1, 0.15) is 5.82 Å². The second-order valence-electron chi connectivity index (χ2n) is 2.87. The van der Waals surface area contributed by atoms with Crippen LogP contribution in [0.25, 0.3) is 11.1 Å². The first-order valence-electron chi connectivity index (χ1n) is 4.21. The summed E-state index contributed by atoms with van der Waals surface area (Å²) >= 11 is 0. The molecule has 0 fully saturated rings. The van der Waals surface area contributed by atoms with E-state index in [-0.39, 0.29) is 12.4 Å². The molecule has 0 bridgehead atoms. The molecule has 0 atom stereocenters. The highest BCUT2D eigenvalue weighted by molar-refractivity contribution is 5.64. The molecule has 14 heavy (non-hydrogen) atoms. The molecule has 3 nitrogen and oxygen atoms in total. The highest BCUT2D eigenvalue weighted by Crippen LogP contribution is 2.23. The van der Waals surface area contributed by atoms with Gasteiger partial charge in [-0.25, -0.2) is 4.39 Å². The van der Waals surface area contributed by atoms with Gasteiger partial charge in [0.25, 0.3) is 0 Å². The van der Waals surface area contributed by atoms with Crippen LogP contribution in [-0.2, 0) is 6.54 Å². The number of halogens is 1. The highest BCUT2D eigenvalue weighted by Gasteiger charge is 2.08. The van der Waals surface area contributed by atoms with Crippen LogP contribution in [0, 0.1) is 5.82 Å². The van der Waals surface area contributed by atoms with Crippen LogP contribution in [0.4, 0.5) is 4.39 Å². The molecule has 0 saturated heterocycles. The van der Waals surface area contributed by atoms with Crippen molar-refractivity contribution in [2.75, 3.05) is 0 Å². The van der Waals surface area contributed by atoms with Crippen LogP contribution >= 0.6 is 0 Å². The summed E-state index contributed by atoms with van der Waals surface area (Å²) in [5.74, 6) is 0.344. The summed E-state index contributed by atoms with van der Waals surface area (Å²) in [5.41, 5.74) is 7.12. The number of benzene rings is 1. The van der Waals surface area contributed by atoms with Crippen molar-refractivity contribution in [2.24, 2.45) is 5.73 Å². The maximum atomic E-state index is 12.6. The van der Waals surface area contributed by atoms with Crippen molar-refractivity contribution in [1.29, 1.82) is 0 Å². The average Bonchev–Trinajstić information content (AvgIpc) is 2.67. The van der Waals surface area contributed by atoms with Crippen molar-refractivity contribution in [2.45, 2.75) is 6.54 Å². The second kappa shape index (κ2) is 3.59. The molecule has 2 aromatic rings. The molecule has 0 saturated carbocycles. The van der Waals surface area contributed by atoms with Gasteiger partial charge in [0.05, 0.1) is 12.7 Å². The lowest BCUT2D eigenvalue weighted by molar-refractivity contribution is 0.385. The molecule has 72 valence electrons. The van der Waals surface area contributed by atoms with Crippen LogP contribution < -0.4 is 5.73 Å². The average molecular weight is 192 g/mol. The quantitative estimate of drug-likeness (QED) is 0.791. The van der Waals surface area contributed by atoms with Crippen molar-refractivity contribution >= 4 is 0 Å². The van der Waals surface area contributed by atoms with E-state index in [0.717, 1.165) is 11.1 Å². The molecule has 0 unspecified atom stereocenters. The van der Waals surface area contributed by atoms with Gasteiger partial charge in [0, 0.05) is 5.56 Å². The van der Waals surface area contributed by atoms with Crippen molar-refractivity contribution in [3.05, 3.63) is 42.0 Å². The number of hydrogen-bond acceptors (Lipinski definition) is 3. The molecule has 0 radical (unpaired) electrons. The predicted molar refractivity (Wildman–Crippen MR) is 49.8 cm³/mol. The maximum absolute atomic E-state index is 12.6. The van der Waals surface area contributed by atoms with Gasteiger partial charge >= 0.3 is 0 Å². The van der Waals surface area contributed by atoms with Crippen LogP contribution in [0.2, 0.25) is 0 Å². The molecule has 0 spiro atoms. The van der Waals surface area contributed by atoms with Gasteiger partial charge in [0.15, 0.2) is 5.76 Å². The lowest BCUT2D eigenvalue weighted by Crippen LogP contribution is -1.95. The Morgan fingerprint density at radius 3 is 2.64 bits per heavy atom. The normalized spacial score (nSPS) is 10.4. The van der Waals surface area contributed by atoms with Crippen LogP contribution in [0.5, 0.6) is 0 Å². The van der Waals surface area contributed by atoms with Crippen molar-refractivity contribution in [1.82, 2.24) is 5.16 Å². The van der Waals surface area contributed by atoms with Crippen molar-refractivity contribution < 1.29 is 8.91 Å². The number of nitrogens with two attached hydrogens (primary N) is 1. The van der Waals surface area contributed by atoms with E-state index in [2.05, 4.69) is 5.16 Å². The molecule has 4 heteroatoms. The van der Waals surface area contributed by atoms with E-state index in [1.807, 2.05) is 0 Å². The van der Waals surface area contributed by atoms with Crippen molar-refractivity contribution in [3.63, 3.8) is 0 Å². The summed E-state index contributed by atoms with van der Waals surface area (Å²) in [7, 11) is 0. The Morgan fingerprint density at radius 2 is 2.00 bits per heavy atom. The summed E-state index contributed by atoms with van der Waals surface area (Å²) < 4.78 is 17.6. The van der Waals surface area contributed by atoms with Gasteiger partial charge in [-0.05, 0) is 17.7 Å². The number of nitrogens with zero attached hydrogens (tertiary/aromatic N) is 1. The fourth-order valence-corrected chi connectivity index (χ4v) is 1.28. The second-order valence-corrected chi connectivity index (χ2v) is 2.87. The van der Waals surface area contributed by atoms with Gasteiger partial charge in [-0.15, -0.1) is 0 Å². The minimum atomic E-state index is -0.264. The SMILES string of the molecule is NCc1oncc1-c1ccc(F)cc1. The van der Waals surface area contributed by atoms with Gasteiger partial charge < -0.3 is 10.3 Å². The molecule has 0 amide bonds. The summed E-state index contributed by atoms with van der Waals surface area (Å²) in [6, 6.07) is 6.12. The topological polar surface area (TPSA) is 52.0 Å². The minimum Gasteiger partial charge on any atom is -0.359 e. The molecule has 1 aromatic carbocycles. The summed E-state index contributed by atoms with van der Waals surface area (Å²) in [6.07, 6.45) is 1.58. The van der Waals surface area contributed by atoms with Crippen molar-refractivity contribution in [3.8, 4) is 11.1 Å². The van der Waals surface area contributed by atoms with Crippen LogP contribution in [-0.4, -0.2) is 5.16 Å². The smallest absolute Gasteiger partial charge is 0.158 e. The third-order valence-electron chi connectivity index (χ3n) is 1.99. The predicted octanol–water partition coefficient (Wildman–Crippen LogP) is 1.94. The first-order chi connectivity index (χ1) is 6.81. The first kappa shape index (κ1) is 8.90. The van der Waals surface area contributed by atoms with Gasteiger partial charge in [-0.3, -0.25) is 0 Å². The Labute approximate surface area is 80.3 Å².